The zero-order chi connectivity index (χ0) is 28.7. The molecule has 1 aromatic heterocycles. The number of rotatable bonds is 5. The molecule has 0 aliphatic carbocycles. The average Bonchev–Trinajstić information content (AvgIpc) is 3.27. The number of amides is 1. The van der Waals surface area contributed by atoms with Crippen LogP contribution in [0.15, 0.2) is 64.9 Å². The smallest absolute Gasteiger partial charge is 0.243 e. The molecule has 0 N–H and O–H groups in total. The van der Waals surface area contributed by atoms with Crippen LogP contribution in [0.5, 0.6) is 0 Å². The lowest BCUT2D eigenvalue weighted by atomic mass is 9.87. The van der Waals surface area contributed by atoms with Crippen molar-refractivity contribution in [1.29, 1.82) is 0 Å². The van der Waals surface area contributed by atoms with Gasteiger partial charge in [-0.25, -0.2) is 8.42 Å². The molecule has 3 heterocycles. The van der Waals surface area contributed by atoms with Crippen molar-refractivity contribution in [2.75, 3.05) is 32.7 Å². The molecule has 2 atom stereocenters. The zero-order valence-electron chi connectivity index (χ0n) is 24.3. The van der Waals surface area contributed by atoms with Gasteiger partial charge in [-0.1, -0.05) is 57.2 Å². The van der Waals surface area contributed by atoms with Crippen molar-refractivity contribution in [3.8, 4) is 0 Å². The molecular weight excluding hydrogens is 539 g/mol. The van der Waals surface area contributed by atoms with Crippen molar-refractivity contribution in [2.24, 2.45) is 0 Å². The van der Waals surface area contributed by atoms with Crippen molar-refractivity contribution < 1.29 is 13.2 Å². The molecule has 40 heavy (non-hydrogen) atoms. The molecule has 6 nitrogen and oxygen atoms in total. The third kappa shape index (κ3) is 5.64. The van der Waals surface area contributed by atoms with Crippen LogP contribution >= 0.6 is 11.3 Å². The summed E-state index contributed by atoms with van der Waals surface area (Å²) < 4.78 is 28.5. The highest BCUT2D eigenvalue weighted by Crippen LogP contribution is 2.40. The molecular formula is C32H41N3O3S2. The summed E-state index contributed by atoms with van der Waals surface area (Å²) in [5, 5.41) is 2.16. The molecule has 2 aromatic carbocycles. The molecule has 0 radical (unpaired) electrons. The number of sulfonamides is 1. The lowest BCUT2D eigenvalue weighted by Gasteiger charge is -2.41. The van der Waals surface area contributed by atoms with Crippen molar-refractivity contribution in [3.63, 3.8) is 0 Å². The van der Waals surface area contributed by atoms with Crippen LogP contribution in [0.4, 0.5) is 0 Å². The number of carbonyl (C=O) groups is 1. The van der Waals surface area contributed by atoms with Gasteiger partial charge in [0, 0.05) is 37.6 Å². The van der Waals surface area contributed by atoms with Gasteiger partial charge in [-0.2, -0.15) is 4.31 Å². The van der Waals surface area contributed by atoms with Gasteiger partial charge in [0.25, 0.3) is 0 Å². The second kappa shape index (κ2) is 11.4. The number of aryl methyl sites for hydroxylation is 1. The van der Waals surface area contributed by atoms with Crippen LogP contribution in [0, 0.1) is 6.92 Å². The highest BCUT2D eigenvalue weighted by Gasteiger charge is 2.38. The minimum Gasteiger partial charge on any atom is -0.340 e. The summed E-state index contributed by atoms with van der Waals surface area (Å²) in [7, 11) is -3.63. The van der Waals surface area contributed by atoms with Gasteiger partial charge in [-0.15, -0.1) is 11.3 Å². The summed E-state index contributed by atoms with van der Waals surface area (Å²) in [6, 6.07) is 17.6. The van der Waals surface area contributed by atoms with E-state index in [0.717, 1.165) is 18.5 Å². The first-order valence-corrected chi connectivity index (χ1v) is 16.6. The second-order valence-corrected chi connectivity index (χ2v) is 15.0. The number of benzene rings is 2. The normalized spacial score (nSPS) is 20.1. The number of nitrogens with zero attached hydrogens (tertiary/aromatic N) is 3. The SMILES string of the molecule is Cc1ccccc1C1c2ccsc2CCN1C(C)C(=O)N1CCCN(S(=O)(=O)c2ccc(C(C)(C)C)cc2)CC1. The van der Waals surface area contributed by atoms with Crippen LogP contribution in [0.25, 0.3) is 0 Å². The van der Waals surface area contributed by atoms with Gasteiger partial charge in [0.1, 0.15) is 0 Å². The van der Waals surface area contributed by atoms with Crippen LogP contribution in [0.3, 0.4) is 0 Å². The van der Waals surface area contributed by atoms with E-state index in [1.165, 1.54) is 21.6 Å². The molecule has 0 spiro atoms. The number of hydrogen-bond acceptors (Lipinski definition) is 5. The van der Waals surface area contributed by atoms with E-state index in [1.807, 2.05) is 24.0 Å². The third-order valence-corrected chi connectivity index (χ3v) is 11.4. The molecule has 0 saturated carbocycles. The average molecular weight is 580 g/mol. The Morgan fingerprint density at radius 1 is 0.925 bits per heavy atom. The Bertz CT molecular complexity index is 1460. The highest BCUT2D eigenvalue weighted by atomic mass is 32.2. The van der Waals surface area contributed by atoms with Crippen LogP contribution in [0.2, 0.25) is 0 Å². The van der Waals surface area contributed by atoms with Gasteiger partial charge < -0.3 is 4.90 Å². The van der Waals surface area contributed by atoms with Crippen LogP contribution in [-0.2, 0) is 26.7 Å². The van der Waals surface area contributed by atoms with Crippen LogP contribution < -0.4 is 0 Å². The van der Waals surface area contributed by atoms with Gasteiger partial charge in [-0.05, 0) is 77.9 Å². The Kier molecular flexibility index (Phi) is 8.26. The van der Waals surface area contributed by atoms with E-state index in [0.29, 0.717) is 37.5 Å². The van der Waals surface area contributed by atoms with Crippen molar-refractivity contribution in [1.82, 2.24) is 14.1 Å². The number of carbonyl (C=O) groups excluding carboxylic acids is 1. The van der Waals surface area contributed by atoms with Gasteiger partial charge in [0.15, 0.2) is 0 Å². The Hall–Kier alpha value is -2.52. The number of hydrogen-bond donors (Lipinski definition) is 0. The summed E-state index contributed by atoms with van der Waals surface area (Å²) in [6.07, 6.45) is 1.56. The van der Waals surface area contributed by atoms with Gasteiger partial charge in [0.2, 0.25) is 15.9 Å². The summed E-state index contributed by atoms with van der Waals surface area (Å²) in [6.45, 7) is 13.0. The fraction of sp³-hybridized carbons (Fsp3) is 0.469. The highest BCUT2D eigenvalue weighted by molar-refractivity contribution is 7.89. The molecule has 2 aliphatic rings. The Morgan fingerprint density at radius 2 is 1.65 bits per heavy atom. The largest absolute Gasteiger partial charge is 0.340 e. The van der Waals surface area contributed by atoms with Gasteiger partial charge >= 0.3 is 0 Å². The molecule has 214 valence electrons. The standard InChI is InChI=1S/C32H41N3O3S2/c1-23-9-6-7-10-27(23)30-28-16-22-39-29(28)15-19-35(30)24(2)31(36)33-17-8-18-34(21-20-33)40(37,38)26-13-11-25(12-14-26)32(3,4)5/h6-7,9-14,16,22,24,30H,8,15,17-21H2,1-5H3. The lowest BCUT2D eigenvalue weighted by Crippen LogP contribution is -2.51. The van der Waals surface area contributed by atoms with Crippen LogP contribution in [0.1, 0.15) is 67.3 Å². The molecule has 8 heteroatoms. The predicted octanol–water partition coefficient (Wildman–Crippen LogP) is 5.61. The minimum atomic E-state index is -3.63. The second-order valence-electron chi connectivity index (χ2n) is 12.1. The monoisotopic (exact) mass is 579 g/mol. The molecule has 2 aliphatic heterocycles. The first-order valence-electron chi connectivity index (χ1n) is 14.3. The number of fused-ring (bicyclic) bond motifs is 1. The molecule has 1 fully saturated rings. The molecule has 1 amide bonds. The maximum atomic E-state index is 13.9. The van der Waals surface area contributed by atoms with Crippen molar-refractivity contribution in [3.05, 3.63) is 87.1 Å². The van der Waals surface area contributed by atoms with E-state index < -0.39 is 10.0 Å². The van der Waals surface area contributed by atoms with E-state index in [2.05, 4.69) is 68.3 Å². The first kappa shape index (κ1) is 29.0. The van der Waals surface area contributed by atoms with E-state index in [1.54, 1.807) is 27.8 Å². The van der Waals surface area contributed by atoms with E-state index in [-0.39, 0.29) is 23.4 Å². The van der Waals surface area contributed by atoms with E-state index in [9.17, 15) is 13.2 Å². The summed E-state index contributed by atoms with van der Waals surface area (Å²) >= 11 is 1.80. The van der Waals surface area contributed by atoms with Gasteiger partial charge in [0.05, 0.1) is 17.0 Å². The minimum absolute atomic E-state index is 0.0371. The quantitative estimate of drug-likeness (QED) is 0.394. The molecule has 5 rings (SSSR count). The third-order valence-electron chi connectivity index (χ3n) is 8.47. The Morgan fingerprint density at radius 3 is 2.35 bits per heavy atom. The number of thiophene rings is 1. The summed E-state index contributed by atoms with van der Waals surface area (Å²) in [4.78, 5) is 19.9. The fourth-order valence-electron chi connectivity index (χ4n) is 6.03. The van der Waals surface area contributed by atoms with Crippen molar-refractivity contribution in [2.45, 2.75) is 69.9 Å². The topological polar surface area (TPSA) is 60.9 Å². The first-order chi connectivity index (χ1) is 19.0. The summed E-state index contributed by atoms with van der Waals surface area (Å²) in [5.74, 6) is 0.0750. The maximum Gasteiger partial charge on any atom is 0.243 e. The Balaban J connectivity index is 1.32. The Labute approximate surface area is 243 Å². The molecule has 2 unspecified atom stereocenters. The van der Waals surface area contributed by atoms with E-state index >= 15 is 0 Å². The molecule has 3 aromatic rings. The summed E-state index contributed by atoms with van der Waals surface area (Å²) in [5.41, 5.74) is 4.83. The maximum absolute atomic E-state index is 13.9. The van der Waals surface area contributed by atoms with E-state index in [4.69, 9.17) is 0 Å². The van der Waals surface area contributed by atoms with Gasteiger partial charge in [-0.3, -0.25) is 9.69 Å². The predicted molar refractivity (Wildman–Crippen MR) is 162 cm³/mol. The lowest BCUT2D eigenvalue weighted by molar-refractivity contribution is -0.137. The fourth-order valence-corrected chi connectivity index (χ4v) is 8.40. The molecule has 1 saturated heterocycles. The van der Waals surface area contributed by atoms with Crippen LogP contribution in [-0.4, -0.2) is 67.2 Å². The molecule has 0 bridgehead atoms. The zero-order valence-corrected chi connectivity index (χ0v) is 25.9. The van der Waals surface area contributed by atoms with Crippen molar-refractivity contribution >= 4 is 27.3 Å².